The molecule has 0 radical (unpaired) electrons. The van der Waals surface area contributed by atoms with Gasteiger partial charge in [0.1, 0.15) is 0 Å². The molecule has 4 unspecified atom stereocenters. The molecule has 27 heavy (non-hydrogen) atoms. The van der Waals surface area contributed by atoms with E-state index in [1.807, 2.05) is 19.2 Å². The predicted octanol–water partition coefficient (Wildman–Crippen LogP) is 3.54. The van der Waals surface area contributed by atoms with Crippen LogP contribution in [0.15, 0.2) is 29.3 Å². The van der Waals surface area contributed by atoms with Gasteiger partial charge in [-0.05, 0) is 38.2 Å². The number of fused-ring (bicyclic) bond motifs is 1. The molecule has 0 aromatic heterocycles. The van der Waals surface area contributed by atoms with E-state index in [1.54, 1.807) is 0 Å². The summed E-state index contributed by atoms with van der Waals surface area (Å²) < 4.78 is 5.89. The highest BCUT2D eigenvalue weighted by atomic mass is 127. The molecule has 5 nitrogen and oxygen atoms in total. The smallest absolute Gasteiger partial charge is 0.191 e. The first kappa shape index (κ1) is 22.7. The number of benzene rings is 1. The molecule has 7 heteroatoms. The average molecular weight is 507 g/mol. The third kappa shape index (κ3) is 4.71. The lowest BCUT2D eigenvalue weighted by molar-refractivity contribution is -0.106. The number of aliphatic imine (C=N–C) groups is 1. The molecular formula is C20H32ClIN4O. The number of halogens is 2. The number of ether oxygens (including phenoxy) is 1. The minimum atomic E-state index is 0. The van der Waals surface area contributed by atoms with Gasteiger partial charge in [-0.25, -0.2) is 0 Å². The second-order valence-corrected chi connectivity index (χ2v) is 8.61. The van der Waals surface area contributed by atoms with Crippen molar-refractivity contribution in [1.82, 2.24) is 15.5 Å². The first-order chi connectivity index (χ1) is 12.3. The molecule has 1 aliphatic carbocycles. The first-order valence-electron chi connectivity index (χ1n) is 9.35. The van der Waals surface area contributed by atoms with Crippen molar-refractivity contribution in [2.45, 2.75) is 38.5 Å². The summed E-state index contributed by atoms with van der Waals surface area (Å²) in [4.78, 5) is 6.65. The van der Waals surface area contributed by atoms with Gasteiger partial charge in [-0.3, -0.25) is 4.99 Å². The summed E-state index contributed by atoms with van der Waals surface area (Å²) >= 11 is 6.03. The van der Waals surface area contributed by atoms with Gasteiger partial charge in [-0.1, -0.05) is 37.6 Å². The molecule has 2 fully saturated rings. The Bertz CT molecular complexity index is 650. The van der Waals surface area contributed by atoms with E-state index >= 15 is 0 Å². The van der Waals surface area contributed by atoms with E-state index in [1.165, 1.54) is 5.56 Å². The molecule has 1 aromatic carbocycles. The van der Waals surface area contributed by atoms with Gasteiger partial charge in [-0.15, -0.1) is 24.0 Å². The van der Waals surface area contributed by atoms with Crippen molar-refractivity contribution in [2.75, 3.05) is 34.3 Å². The Labute approximate surface area is 185 Å². The van der Waals surface area contributed by atoms with Gasteiger partial charge in [0.25, 0.3) is 0 Å². The predicted molar refractivity (Wildman–Crippen MR) is 123 cm³/mol. The fraction of sp³-hybridized carbons (Fsp3) is 0.650. The molecule has 0 spiro atoms. The zero-order chi connectivity index (χ0) is 18.9. The van der Waals surface area contributed by atoms with Crippen LogP contribution in [-0.4, -0.2) is 57.3 Å². The van der Waals surface area contributed by atoms with E-state index < -0.39 is 0 Å². The maximum Gasteiger partial charge on any atom is 0.191 e. The number of rotatable bonds is 5. The van der Waals surface area contributed by atoms with Crippen LogP contribution in [-0.2, 0) is 4.74 Å². The van der Waals surface area contributed by atoms with Crippen molar-refractivity contribution in [2.24, 2.45) is 16.3 Å². The van der Waals surface area contributed by atoms with Gasteiger partial charge in [0.2, 0.25) is 0 Å². The number of guanidine groups is 1. The highest BCUT2D eigenvalue weighted by molar-refractivity contribution is 14.0. The average Bonchev–Trinajstić information content (AvgIpc) is 3.06. The Morgan fingerprint density at radius 1 is 1.33 bits per heavy atom. The first-order valence-corrected chi connectivity index (χ1v) is 9.73. The SMILES string of the molecule is CN=C(NCC(c1ccc(Cl)cc1)N(C)C)NC1C2CCOC2C1(C)C.I. The monoisotopic (exact) mass is 506 g/mol. The molecular weight excluding hydrogens is 475 g/mol. The van der Waals surface area contributed by atoms with Crippen molar-refractivity contribution in [3.05, 3.63) is 34.9 Å². The van der Waals surface area contributed by atoms with E-state index in [9.17, 15) is 0 Å². The molecule has 1 saturated carbocycles. The quantitative estimate of drug-likeness (QED) is 0.364. The molecule has 2 aliphatic rings. The summed E-state index contributed by atoms with van der Waals surface area (Å²) in [7, 11) is 6.01. The molecule has 3 rings (SSSR count). The third-order valence-corrected chi connectivity index (χ3v) is 6.21. The van der Waals surface area contributed by atoms with E-state index in [-0.39, 0.29) is 35.4 Å². The van der Waals surface area contributed by atoms with E-state index in [0.717, 1.165) is 30.6 Å². The summed E-state index contributed by atoms with van der Waals surface area (Å²) in [6, 6.07) is 8.69. The molecule has 1 aliphatic heterocycles. The standard InChI is InChI=1S/C20H31ClN4O.HI/c1-20(2)17(15-10-11-26-18(15)20)24-19(22-3)23-12-16(25(4)5)13-6-8-14(21)9-7-13;/h6-9,15-18H,10-12H2,1-5H3,(H2,22,23,24);1H. The highest BCUT2D eigenvalue weighted by Crippen LogP contribution is 2.52. The lowest BCUT2D eigenvalue weighted by Crippen LogP contribution is -2.68. The Morgan fingerprint density at radius 3 is 2.59 bits per heavy atom. The Hall–Kier alpha value is -0.570. The molecule has 1 saturated heterocycles. The van der Waals surface area contributed by atoms with Crippen LogP contribution in [0.5, 0.6) is 0 Å². The summed E-state index contributed by atoms with van der Waals surface area (Å²) in [6.07, 6.45) is 1.51. The van der Waals surface area contributed by atoms with Gasteiger partial charge in [0.15, 0.2) is 5.96 Å². The maximum absolute atomic E-state index is 6.03. The summed E-state index contributed by atoms with van der Waals surface area (Å²) in [5.74, 6) is 1.44. The van der Waals surface area contributed by atoms with Crippen LogP contribution in [0.3, 0.4) is 0 Å². The van der Waals surface area contributed by atoms with Gasteiger partial charge < -0.3 is 20.3 Å². The molecule has 2 N–H and O–H groups in total. The molecule has 0 bridgehead atoms. The normalized spacial score (nSPS) is 27.4. The number of nitrogens with one attached hydrogen (secondary N) is 2. The van der Waals surface area contributed by atoms with Crippen LogP contribution in [0, 0.1) is 11.3 Å². The van der Waals surface area contributed by atoms with Crippen LogP contribution in [0.1, 0.15) is 31.9 Å². The second-order valence-electron chi connectivity index (χ2n) is 8.17. The van der Waals surface area contributed by atoms with Crippen LogP contribution < -0.4 is 10.6 Å². The van der Waals surface area contributed by atoms with Crippen LogP contribution in [0.4, 0.5) is 0 Å². The van der Waals surface area contributed by atoms with Gasteiger partial charge in [0, 0.05) is 42.6 Å². The Balaban J connectivity index is 0.00000261. The Kier molecular flexibility index (Phi) is 7.81. The van der Waals surface area contributed by atoms with Crippen LogP contribution in [0.25, 0.3) is 0 Å². The summed E-state index contributed by atoms with van der Waals surface area (Å²) in [6.45, 7) is 6.20. The van der Waals surface area contributed by atoms with Gasteiger partial charge in [0.05, 0.1) is 12.1 Å². The zero-order valence-corrected chi connectivity index (χ0v) is 19.9. The fourth-order valence-corrected chi connectivity index (χ4v) is 4.56. The maximum atomic E-state index is 6.03. The van der Waals surface area contributed by atoms with Gasteiger partial charge >= 0.3 is 0 Å². The van der Waals surface area contributed by atoms with E-state index in [2.05, 4.69) is 60.6 Å². The fourth-order valence-electron chi connectivity index (χ4n) is 4.44. The molecule has 1 aromatic rings. The third-order valence-electron chi connectivity index (χ3n) is 5.96. The van der Waals surface area contributed by atoms with E-state index in [0.29, 0.717) is 18.1 Å². The lowest BCUT2D eigenvalue weighted by Gasteiger charge is -2.55. The van der Waals surface area contributed by atoms with Gasteiger partial charge in [-0.2, -0.15) is 0 Å². The van der Waals surface area contributed by atoms with Crippen molar-refractivity contribution >= 4 is 41.5 Å². The zero-order valence-electron chi connectivity index (χ0n) is 16.8. The number of nitrogens with zero attached hydrogens (tertiary/aromatic N) is 2. The molecule has 152 valence electrons. The minimum Gasteiger partial charge on any atom is -0.377 e. The van der Waals surface area contributed by atoms with Crippen molar-refractivity contribution in [3.8, 4) is 0 Å². The molecule has 1 heterocycles. The second kappa shape index (κ2) is 9.29. The number of hydrogen-bond acceptors (Lipinski definition) is 3. The highest BCUT2D eigenvalue weighted by Gasteiger charge is 2.59. The number of hydrogen-bond donors (Lipinski definition) is 2. The largest absolute Gasteiger partial charge is 0.377 e. The van der Waals surface area contributed by atoms with E-state index in [4.69, 9.17) is 16.3 Å². The topological polar surface area (TPSA) is 48.9 Å². The summed E-state index contributed by atoms with van der Waals surface area (Å²) in [5, 5.41) is 7.90. The van der Waals surface area contributed by atoms with Crippen LogP contribution in [0.2, 0.25) is 5.02 Å². The molecule has 0 amide bonds. The van der Waals surface area contributed by atoms with Crippen LogP contribution >= 0.6 is 35.6 Å². The lowest BCUT2D eigenvalue weighted by atomic mass is 9.57. The number of likely N-dealkylation sites (N-methyl/N-ethyl adjacent to an activating group) is 1. The Morgan fingerprint density at radius 2 is 2.00 bits per heavy atom. The minimum absolute atomic E-state index is 0. The summed E-state index contributed by atoms with van der Waals surface area (Å²) in [5.41, 5.74) is 1.37. The van der Waals surface area contributed by atoms with Crippen molar-refractivity contribution in [3.63, 3.8) is 0 Å². The molecule has 4 atom stereocenters. The van der Waals surface area contributed by atoms with Crippen molar-refractivity contribution in [1.29, 1.82) is 0 Å². The van der Waals surface area contributed by atoms with Crippen molar-refractivity contribution < 1.29 is 4.74 Å².